The summed E-state index contributed by atoms with van der Waals surface area (Å²) in [6.07, 6.45) is 3.35. The summed E-state index contributed by atoms with van der Waals surface area (Å²) in [6, 6.07) is 8.15. The van der Waals surface area contributed by atoms with Crippen LogP contribution < -0.4 is 5.32 Å². The van der Waals surface area contributed by atoms with Crippen molar-refractivity contribution in [1.82, 2.24) is 10.2 Å². The largest absolute Gasteiger partial charge is 0.392 e. The van der Waals surface area contributed by atoms with Crippen LogP contribution in [0, 0.1) is 0 Å². The van der Waals surface area contributed by atoms with Crippen molar-refractivity contribution in [2.45, 2.75) is 60.6 Å². The van der Waals surface area contributed by atoms with Gasteiger partial charge in [-0.05, 0) is 49.8 Å². The maximum Gasteiger partial charge on any atom is 0.217 e. The number of aliphatic hydroxyl groups excluding tert-OH is 1. The van der Waals surface area contributed by atoms with Crippen LogP contribution in [0.1, 0.15) is 59.1 Å². The molecule has 1 heterocycles. The average molecular weight is 475 g/mol. The smallest absolute Gasteiger partial charge is 0.217 e. The molecule has 1 amide bonds. The first kappa shape index (κ1) is 37.1. The molecule has 0 aliphatic carbocycles. The summed E-state index contributed by atoms with van der Waals surface area (Å²) in [5.41, 5.74) is 2.29. The third-order valence-corrected chi connectivity index (χ3v) is 4.40. The van der Waals surface area contributed by atoms with E-state index in [0.29, 0.717) is 6.54 Å². The van der Waals surface area contributed by atoms with Gasteiger partial charge in [-0.15, -0.1) is 0 Å². The lowest BCUT2D eigenvalue weighted by molar-refractivity contribution is -0.119. The number of likely N-dealkylation sites (tertiary alicyclic amines) is 1. The summed E-state index contributed by atoms with van der Waals surface area (Å²) in [4.78, 5) is 21.6. The van der Waals surface area contributed by atoms with Crippen LogP contribution in [0.4, 0.5) is 0 Å². The lowest BCUT2D eigenvalue weighted by Crippen LogP contribution is -2.18. The van der Waals surface area contributed by atoms with Crippen molar-refractivity contribution < 1.29 is 14.7 Å². The Morgan fingerprint density at radius 3 is 1.97 bits per heavy atom. The minimum absolute atomic E-state index is 0.00136. The van der Waals surface area contributed by atoms with Gasteiger partial charge in [-0.25, -0.2) is 0 Å². The van der Waals surface area contributed by atoms with Crippen molar-refractivity contribution in [3.05, 3.63) is 42.0 Å². The van der Waals surface area contributed by atoms with Gasteiger partial charge in [0.2, 0.25) is 5.91 Å². The second-order valence-electron chi connectivity index (χ2n) is 5.78. The molecule has 1 aromatic carbocycles. The fraction of sp³-hybridized carbons (Fsp3) is 0.583. The molecule has 182 valence electrons. The molecule has 1 aliphatic rings. The third kappa shape index (κ3) is 24.9. The van der Waals surface area contributed by atoms with Gasteiger partial charge in [-0.1, -0.05) is 67.1 Å². The number of thiol groups is 1. The van der Waals surface area contributed by atoms with Crippen LogP contribution >= 0.6 is 21.2 Å². The summed E-state index contributed by atoms with van der Waals surface area (Å²) < 4.78 is 0. The van der Waals surface area contributed by atoms with E-state index >= 15 is 0 Å². The number of aldehydes is 1. The third-order valence-electron chi connectivity index (χ3n) is 3.51. The topological polar surface area (TPSA) is 69.6 Å². The minimum Gasteiger partial charge on any atom is -0.392 e. The minimum atomic E-state index is -0.0509. The highest BCUT2D eigenvalue weighted by Gasteiger charge is 2.15. The SMILES string of the molecule is C=C(PC)c1ccc(CNC(C)=O)cc1.CC.CC.CC=O.CN1CCC(O)C1.CS. The molecule has 0 spiro atoms. The van der Waals surface area contributed by atoms with E-state index in [1.807, 2.05) is 46.9 Å². The van der Waals surface area contributed by atoms with E-state index in [9.17, 15) is 4.79 Å². The summed E-state index contributed by atoms with van der Waals surface area (Å²) in [5.74, 6) is -0.00136. The maximum atomic E-state index is 10.7. The maximum absolute atomic E-state index is 10.7. The van der Waals surface area contributed by atoms with Crippen LogP contribution in [-0.2, 0) is 16.1 Å². The normalized spacial score (nSPS) is 13.8. The van der Waals surface area contributed by atoms with Gasteiger partial charge < -0.3 is 20.1 Å². The molecule has 31 heavy (non-hydrogen) atoms. The average Bonchev–Trinajstić information content (AvgIpc) is 3.19. The van der Waals surface area contributed by atoms with Gasteiger partial charge >= 0.3 is 0 Å². The van der Waals surface area contributed by atoms with E-state index in [0.717, 1.165) is 39.9 Å². The number of benzene rings is 1. The predicted molar refractivity (Wildman–Crippen MR) is 145 cm³/mol. The molecule has 2 atom stereocenters. The first-order chi connectivity index (χ1) is 14.8. The van der Waals surface area contributed by atoms with E-state index in [1.54, 1.807) is 6.26 Å². The molecule has 1 saturated heterocycles. The van der Waals surface area contributed by atoms with Gasteiger partial charge in [0, 0.05) is 26.6 Å². The highest BCUT2D eigenvalue weighted by molar-refractivity contribution is 7.79. The van der Waals surface area contributed by atoms with Gasteiger partial charge in [-0.3, -0.25) is 4.79 Å². The van der Waals surface area contributed by atoms with Crippen LogP contribution in [0.25, 0.3) is 5.31 Å². The zero-order valence-electron chi connectivity index (χ0n) is 21.2. The number of hydrogen-bond donors (Lipinski definition) is 3. The Morgan fingerprint density at radius 2 is 1.71 bits per heavy atom. The number of nitrogens with zero attached hydrogens (tertiary/aromatic N) is 1. The standard InChI is InChI=1S/C12H16NOP.C5H11NO.C2H4O.2C2H6.CH4S/c1-9(15-3)12-6-4-11(5-7-12)8-13-10(2)14;1-6-3-2-5(7)4-6;1-2-3;3*1-2/h4-7,15H,1,8H2,2-3H3,(H,13,14);5,7H,2-4H2,1H3;2H,1H3;2*1-2H3;2H,1H3. The lowest BCUT2D eigenvalue weighted by Gasteiger charge is -2.05. The fourth-order valence-electron chi connectivity index (χ4n) is 2.11. The first-order valence-electron chi connectivity index (χ1n) is 10.8. The molecule has 0 bridgehead atoms. The van der Waals surface area contributed by atoms with E-state index < -0.39 is 0 Å². The Morgan fingerprint density at radius 1 is 1.26 bits per heavy atom. The highest BCUT2D eigenvalue weighted by atomic mass is 32.1. The number of aliphatic hydroxyl groups is 1. The monoisotopic (exact) mass is 474 g/mol. The molecule has 1 aliphatic heterocycles. The molecular weight excluding hydrogens is 427 g/mol. The lowest BCUT2D eigenvalue weighted by atomic mass is 10.1. The molecular formula is C24H47N2O3PS. The van der Waals surface area contributed by atoms with Crippen molar-refractivity contribution in [2.75, 3.05) is 33.1 Å². The Hall–Kier alpha value is -1.20. The molecule has 5 nitrogen and oxygen atoms in total. The van der Waals surface area contributed by atoms with Crippen LogP contribution in [0.2, 0.25) is 0 Å². The van der Waals surface area contributed by atoms with Crippen molar-refractivity contribution in [2.24, 2.45) is 0 Å². The fourth-order valence-corrected chi connectivity index (χ4v) is 2.56. The summed E-state index contributed by atoms with van der Waals surface area (Å²) in [6.45, 7) is 19.6. The highest BCUT2D eigenvalue weighted by Crippen LogP contribution is 2.27. The van der Waals surface area contributed by atoms with Gasteiger partial charge in [0.15, 0.2) is 0 Å². The Balaban J connectivity index is -0.000000190. The van der Waals surface area contributed by atoms with Crippen molar-refractivity contribution >= 4 is 38.7 Å². The van der Waals surface area contributed by atoms with Crippen molar-refractivity contribution in [3.8, 4) is 0 Å². The van der Waals surface area contributed by atoms with E-state index in [2.05, 4.69) is 48.2 Å². The molecule has 0 radical (unpaired) electrons. The zero-order chi connectivity index (χ0) is 25.2. The molecule has 0 saturated carbocycles. The van der Waals surface area contributed by atoms with E-state index in [4.69, 9.17) is 9.90 Å². The Labute approximate surface area is 199 Å². The number of β-amino-alcohol motifs (C(OH)–C–C–N with tert-alkyl or cyclic N) is 1. The van der Waals surface area contributed by atoms with Gasteiger partial charge in [0.05, 0.1) is 6.10 Å². The van der Waals surface area contributed by atoms with Crippen LogP contribution in [-0.4, -0.2) is 61.4 Å². The number of amides is 1. The predicted octanol–water partition coefficient (Wildman–Crippen LogP) is 5.09. The molecule has 1 aromatic rings. The number of nitrogens with one attached hydrogen (secondary N) is 1. The number of hydrogen-bond acceptors (Lipinski definition) is 5. The van der Waals surface area contributed by atoms with E-state index in [-0.39, 0.29) is 12.0 Å². The Bertz CT molecular complexity index is 532. The zero-order valence-corrected chi connectivity index (χ0v) is 23.1. The second-order valence-corrected chi connectivity index (χ2v) is 6.88. The Kier molecular flexibility index (Phi) is 34.5. The quantitative estimate of drug-likeness (QED) is 0.323. The van der Waals surface area contributed by atoms with Crippen LogP contribution in [0.5, 0.6) is 0 Å². The van der Waals surface area contributed by atoms with Gasteiger partial charge in [-0.2, -0.15) is 12.6 Å². The summed E-state index contributed by atoms with van der Waals surface area (Å²) in [7, 11) is 2.76. The van der Waals surface area contributed by atoms with Crippen molar-refractivity contribution in [3.63, 3.8) is 0 Å². The number of carbonyl (C=O) groups is 2. The van der Waals surface area contributed by atoms with Crippen LogP contribution in [0.15, 0.2) is 30.8 Å². The molecule has 2 unspecified atom stereocenters. The molecule has 1 fully saturated rings. The first-order valence-corrected chi connectivity index (χ1v) is 13.1. The van der Waals surface area contributed by atoms with Crippen molar-refractivity contribution in [1.29, 1.82) is 0 Å². The second kappa shape index (κ2) is 28.8. The van der Waals surface area contributed by atoms with E-state index in [1.165, 1.54) is 24.7 Å². The number of rotatable bonds is 4. The van der Waals surface area contributed by atoms with Gasteiger partial charge in [0.25, 0.3) is 0 Å². The summed E-state index contributed by atoms with van der Waals surface area (Å²) in [5, 5.41) is 12.8. The van der Waals surface area contributed by atoms with Crippen LogP contribution in [0.3, 0.4) is 0 Å². The molecule has 7 heteroatoms. The molecule has 0 aromatic heterocycles. The van der Waals surface area contributed by atoms with Gasteiger partial charge in [0.1, 0.15) is 6.29 Å². The molecule has 2 rings (SSSR count). The summed E-state index contributed by atoms with van der Waals surface area (Å²) >= 11 is 3.53. The number of carbonyl (C=O) groups excluding carboxylic acids is 2. The molecule has 2 N–H and O–H groups in total. The number of likely N-dealkylation sites (N-methyl/N-ethyl adjacent to an activating group) is 1.